The molecule has 1 amide bonds. The maximum absolute atomic E-state index is 12.3. The molecule has 8 nitrogen and oxygen atoms in total. The van der Waals surface area contributed by atoms with Crippen LogP contribution in [0.15, 0.2) is 46.1 Å². The van der Waals surface area contributed by atoms with E-state index in [0.29, 0.717) is 16.4 Å². The normalized spacial score (nSPS) is 13.5. The third kappa shape index (κ3) is 3.77. The van der Waals surface area contributed by atoms with E-state index in [0.717, 1.165) is 12.8 Å². The topological polar surface area (TPSA) is 106 Å². The van der Waals surface area contributed by atoms with Gasteiger partial charge in [0, 0.05) is 17.3 Å². The molecule has 0 aliphatic heterocycles. The van der Waals surface area contributed by atoms with Gasteiger partial charge in [0.1, 0.15) is 18.0 Å². The molecule has 1 aliphatic carbocycles. The molecule has 0 unspecified atom stereocenters. The van der Waals surface area contributed by atoms with Gasteiger partial charge in [-0.3, -0.25) is 19.1 Å². The fourth-order valence-corrected chi connectivity index (χ4v) is 3.03. The van der Waals surface area contributed by atoms with E-state index in [9.17, 15) is 14.4 Å². The van der Waals surface area contributed by atoms with Crippen molar-refractivity contribution in [2.45, 2.75) is 18.9 Å². The number of nitrogens with zero attached hydrogens (tertiary/aromatic N) is 2. The summed E-state index contributed by atoms with van der Waals surface area (Å²) in [6, 6.07) is 8.43. The van der Waals surface area contributed by atoms with E-state index >= 15 is 0 Å². The first kappa shape index (κ1) is 18.2. The van der Waals surface area contributed by atoms with Crippen LogP contribution in [0.3, 0.4) is 0 Å². The number of ether oxygens (including phenoxy) is 1. The second-order valence-corrected chi connectivity index (χ2v) is 6.95. The Bertz CT molecular complexity index is 1150. The number of amides is 1. The molecular formula is C19H17ClN4O4. The number of carbonyl (C=O) groups excluding carboxylic acids is 1. The van der Waals surface area contributed by atoms with Gasteiger partial charge in [-0.25, -0.2) is 9.78 Å². The molecule has 28 heavy (non-hydrogen) atoms. The van der Waals surface area contributed by atoms with Crippen LogP contribution in [-0.4, -0.2) is 33.6 Å². The Balaban J connectivity index is 1.45. The molecule has 2 heterocycles. The Hall–Kier alpha value is -3.13. The average molecular weight is 401 g/mol. The number of hydrogen-bond acceptors (Lipinski definition) is 5. The minimum Gasteiger partial charge on any atom is -0.492 e. The Labute approximate surface area is 164 Å². The SMILES string of the molecule is O=C(NCCOc1ccc(Cl)cc1)c1cnc2c(c1)c(=O)[nH]c(=O)n2C1CC1. The van der Waals surface area contributed by atoms with Gasteiger partial charge in [-0.05, 0) is 43.2 Å². The van der Waals surface area contributed by atoms with E-state index < -0.39 is 11.2 Å². The number of pyridine rings is 1. The van der Waals surface area contributed by atoms with Crippen molar-refractivity contribution in [3.63, 3.8) is 0 Å². The van der Waals surface area contributed by atoms with Crippen molar-refractivity contribution >= 4 is 28.5 Å². The first-order chi connectivity index (χ1) is 13.5. The fraction of sp³-hybridized carbons (Fsp3) is 0.263. The summed E-state index contributed by atoms with van der Waals surface area (Å²) in [5.41, 5.74) is -0.474. The zero-order valence-electron chi connectivity index (χ0n) is 14.8. The molecular weight excluding hydrogens is 384 g/mol. The van der Waals surface area contributed by atoms with E-state index in [1.165, 1.54) is 16.8 Å². The molecule has 0 atom stereocenters. The minimum atomic E-state index is -0.551. The van der Waals surface area contributed by atoms with Crippen LogP contribution in [0.4, 0.5) is 0 Å². The Kier molecular flexibility index (Phi) is 4.87. The molecule has 2 aromatic heterocycles. The molecule has 2 N–H and O–H groups in total. The number of benzene rings is 1. The van der Waals surface area contributed by atoms with Gasteiger partial charge in [-0.1, -0.05) is 11.6 Å². The summed E-state index contributed by atoms with van der Waals surface area (Å²) in [4.78, 5) is 43.0. The lowest BCUT2D eigenvalue weighted by Crippen LogP contribution is -2.31. The number of rotatable bonds is 6. The van der Waals surface area contributed by atoms with Crippen LogP contribution < -0.4 is 21.3 Å². The van der Waals surface area contributed by atoms with Crippen molar-refractivity contribution in [3.8, 4) is 5.75 Å². The van der Waals surface area contributed by atoms with Gasteiger partial charge >= 0.3 is 5.69 Å². The predicted molar refractivity (Wildman–Crippen MR) is 104 cm³/mol. The number of hydrogen-bond donors (Lipinski definition) is 2. The van der Waals surface area contributed by atoms with Crippen LogP contribution in [-0.2, 0) is 0 Å². The quantitative estimate of drug-likeness (QED) is 0.614. The number of H-pyrrole nitrogens is 1. The van der Waals surface area contributed by atoms with E-state index in [1.54, 1.807) is 24.3 Å². The summed E-state index contributed by atoms with van der Waals surface area (Å²) in [7, 11) is 0. The first-order valence-electron chi connectivity index (χ1n) is 8.84. The van der Waals surface area contributed by atoms with E-state index in [2.05, 4.69) is 15.3 Å². The molecule has 1 aromatic carbocycles. The highest BCUT2D eigenvalue weighted by Gasteiger charge is 2.27. The standard InChI is InChI=1S/C19H17ClN4O4/c20-12-1-5-14(6-2-12)28-8-7-21-17(25)11-9-15-16(22-10-11)24(13-3-4-13)19(27)23-18(15)26/h1-2,5-6,9-10,13H,3-4,7-8H2,(H,21,25)(H,23,26,27). The molecule has 9 heteroatoms. The number of aromatic nitrogens is 3. The predicted octanol–water partition coefficient (Wildman–Crippen LogP) is 1.88. The van der Waals surface area contributed by atoms with Gasteiger partial charge < -0.3 is 10.1 Å². The number of halogens is 1. The van der Waals surface area contributed by atoms with Gasteiger partial charge in [0.25, 0.3) is 11.5 Å². The molecule has 1 fully saturated rings. The van der Waals surface area contributed by atoms with E-state index in [4.69, 9.17) is 16.3 Å². The lowest BCUT2D eigenvalue weighted by Gasteiger charge is -2.10. The third-order valence-corrected chi connectivity index (χ3v) is 4.67. The van der Waals surface area contributed by atoms with Crippen molar-refractivity contribution in [2.75, 3.05) is 13.2 Å². The zero-order valence-corrected chi connectivity index (χ0v) is 15.5. The van der Waals surface area contributed by atoms with Crippen LogP contribution in [0.2, 0.25) is 5.02 Å². The van der Waals surface area contributed by atoms with Crippen LogP contribution in [0.25, 0.3) is 11.0 Å². The maximum atomic E-state index is 12.3. The third-order valence-electron chi connectivity index (χ3n) is 4.42. The molecule has 0 saturated heterocycles. The average Bonchev–Trinajstić information content (AvgIpc) is 3.51. The Morgan fingerprint density at radius 1 is 1.29 bits per heavy atom. The monoisotopic (exact) mass is 400 g/mol. The highest BCUT2D eigenvalue weighted by molar-refractivity contribution is 6.30. The van der Waals surface area contributed by atoms with Crippen LogP contribution >= 0.6 is 11.6 Å². The van der Waals surface area contributed by atoms with Crippen LogP contribution in [0, 0.1) is 0 Å². The van der Waals surface area contributed by atoms with Crippen LogP contribution in [0.5, 0.6) is 5.75 Å². The second-order valence-electron chi connectivity index (χ2n) is 6.51. The van der Waals surface area contributed by atoms with Gasteiger partial charge in [0.05, 0.1) is 17.5 Å². The summed E-state index contributed by atoms with van der Waals surface area (Å²) >= 11 is 5.81. The van der Waals surface area contributed by atoms with Crippen molar-refractivity contribution in [3.05, 3.63) is 68.0 Å². The van der Waals surface area contributed by atoms with Crippen molar-refractivity contribution in [1.82, 2.24) is 19.9 Å². The molecule has 0 radical (unpaired) electrons. The maximum Gasteiger partial charge on any atom is 0.330 e. The lowest BCUT2D eigenvalue weighted by atomic mass is 10.2. The number of fused-ring (bicyclic) bond motifs is 1. The zero-order chi connectivity index (χ0) is 19.7. The van der Waals surface area contributed by atoms with Gasteiger partial charge in [0.2, 0.25) is 0 Å². The molecule has 0 spiro atoms. The van der Waals surface area contributed by atoms with E-state index in [1.807, 2.05) is 0 Å². The second kappa shape index (κ2) is 7.47. The lowest BCUT2D eigenvalue weighted by molar-refractivity contribution is 0.0947. The summed E-state index contributed by atoms with van der Waals surface area (Å²) in [6.07, 6.45) is 3.12. The minimum absolute atomic E-state index is 0.0593. The molecule has 4 rings (SSSR count). The summed E-state index contributed by atoms with van der Waals surface area (Å²) in [6.45, 7) is 0.549. The molecule has 1 aliphatic rings. The summed E-state index contributed by atoms with van der Waals surface area (Å²) < 4.78 is 7.00. The molecule has 0 bridgehead atoms. The largest absolute Gasteiger partial charge is 0.492 e. The highest BCUT2D eigenvalue weighted by Crippen LogP contribution is 2.34. The van der Waals surface area contributed by atoms with Gasteiger partial charge in [0.15, 0.2) is 0 Å². The van der Waals surface area contributed by atoms with Crippen molar-refractivity contribution in [1.29, 1.82) is 0 Å². The van der Waals surface area contributed by atoms with Gasteiger partial charge in [-0.2, -0.15) is 0 Å². The number of nitrogens with one attached hydrogen (secondary N) is 2. The van der Waals surface area contributed by atoms with Crippen LogP contribution in [0.1, 0.15) is 29.2 Å². The van der Waals surface area contributed by atoms with Crippen molar-refractivity contribution in [2.24, 2.45) is 0 Å². The number of aromatic amines is 1. The first-order valence-corrected chi connectivity index (χ1v) is 9.22. The van der Waals surface area contributed by atoms with Gasteiger partial charge in [-0.15, -0.1) is 0 Å². The highest BCUT2D eigenvalue weighted by atomic mass is 35.5. The molecule has 144 valence electrons. The summed E-state index contributed by atoms with van der Waals surface area (Å²) in [5.74, 6) is 0.272. The Morgan fingerprint density at radius 3 is 2.75 bits per heavy atom. The Morgan fingerprint density at radius 2 is 2.04 bits per heavy atom. The fourth-order valence-electron chi connectivity index (χ4n) is 2.90. The smallest absolute Gasteiger partial charge is 0.330 e. The number of carbonyl (C=O) groups is 1. The van der Waals surface area contributed by atoms with E-state index in [-0.39, 0.29) is 36.1 Å². The van der Waals surface area contributed by atoms with Crippen molar-refractivity contribution < 1.29 is 9.53 Å². The molecule has 1 saturated carbocycles. The molecule has 3 aromatic rings. The summed E-state index contributed by atoms with van der Waals surface area (Å²) in [5, 5.41) is 3.55.